The standard InChI is InChI=1S/C13H20N4O2S/c14-13(19)17-10(11-4-2-6-20-11)7-12(18)16-8-9-3-1-5-15-9/h2,4,6,9-10,15H,1,3,5,7-8H2,(H,16,18)(H3,14,17,19). The van der Waals surface area contributed by atoms with Gasteiger partial charge < -0.3 is 21.7 Å². The van der Waals surface area contributed by atoms with Gasteiger partial charge in [-0.2, -0.15) is 0 Å². The van der Waals surface area contributed by atoms with E-state index in [1.54, 1.807) is 0 Å². The van der Waals surface area contributed by atoms with Crippen LogP contribution in [0, 0.1) is 0 Å². The Morgan fingerprint density at radius 1 is 1.55 bits per heavy atom. The van der Waals surface area contributed by atoms with Crippen LogP contribution in [0.2, 0.25) is 0 Å². The maximum absolute atomic E-state index is 12.0. The van der Waals surface area contributed by atoms with E-state index in [9.17, 15) is 9.59 Å². The highest BCUT2D eigenvalue weighted by molar-refractivity contribution is 7.10. The fourth-order valence-corrected chi connectivity index (χ4v) is 3.09. The van der Waals surface area contributed by atoms with Gasteiger partial charge >= 0.3 is 6.03 Å². The summed E-state index contributed by atoms with van der Waals surface area (Å²) >= 11 is 1.50. The van der Waals surface area contributed by atoms with E-state index < -0.39 is 6.03 Å². The van der Waals surface area contributed by atoms with Crippen molar-refractivity contribution < 1.29 is 9.59 Å². The van der Waals surface area contributed by atoms with Crippen LogP contribution in [0.3, 0.4) is 0 Å². The minimum absolute atomic E-state index is 0.0779. The van der Waals surface area contributed by atoms with Crippen LogP contribution in [-0.4, -0.2) is 31.1 Å². The molecule has 7 heteroatoms. The van der Waals surface area contributed by atoms with E-state index in [0.717, 1.165) is 24.3 Å². The minimum atomic E-state index is -0.617. The van der Waals surface area contributed by atoms with E-state index in [2.05, 4.69) is 16.0 Å². The van der Waals surface area contributed by atoms with E-state index in [4.69, 9.17) is 5.73 Å². The molecule has 1 saturated heterocycles. The molecule has 5 N–H and O–H groups in total. The maximum atomic E-state index is 12.0. The smallest absolute Gasteiger partial charge is 0.312 e. The molecule has 20 heavy (non-hydrogen) atoms. The lowest BCUT2D eigenvalue weighted by molar-refractivity contribution is -0.121. The van der Waals surface area contributed by atoms with Crippen molar-refractivity contribution in [2.45, 2.75) is 31.3 Å². The Labute approximate surface area is 122 Å². The topological polar surface area (TPSA) is 96.2 Å². The Hall–Kier alpha value is -1.60. The quantitative estimate of drug-likeness (QED) is 0.622. The Morgan fingerprint density at radius 3 is 3.00 bits per heavy atom. The molecule has 0 aliphatic carbocycles. The van der Waals surface area contributed by atoms with Crippen LogP contribution < -0.4 is 21.7 Å². The van der Waals surface area contributed by atoms with Gasteiger partial charge in [-0.05, 0) is 30.8 Å². The van der Waals surface area contributed by atoms with E-state index in [-0.39, 0.29) is 18.4 Å². The van der Waals surface area contributed by atoms with Crippen LogP contribution in [0.1, 0.15) is 30.2 Å². The van der Waals surface area contributed by atoms with Crippen LogP contribution in [0.4, 0.5) is 4.79 Å². The molecule has 0 saturated carbocycles. The number of amides is 3. The highest BCUT2D eigenvalue weighted by Gasteiger charge is 2.20. The third-order valence-electron chi connectivity index (χ3n) is 3.30. The highest BCUT2D eigenvalue weighted by atomic mass is 32.1. The molecule has 2 heterocycles. The summed E-state index contributed by atoms with van der Waals surface area (Å²) in [4.78, 5) is 23.9. The van der Waals surface area contributed by atoms with Crippen molar-refractivity contribution in [3.8, 4) is 0 Å². The summed E-state index contributed by atoms with van der Waals surface area (Å²) in [6.07, 6.45) is 2.45. The molecule has 110 valence electrons. The fraction of sp³-hybridized carbons (Fsp3) is 0.538. The number of hydrogen-bond acceptors (Lipinski definition) is 4. The van der Waals surface area contributed by atoms with Crippen molar-refractivity contribution in [1.82, 2.24) is 16.0 Å². The Balaban J connectivity index is 1.83. The molecule has 2 unspecified atom stereocenters. The summed E-state index contributed by atoms with van der Waals surface area (Å²) in [7, 11) is 0. The average Bonchev–Trinajstić information content (AvgIpc) is 3.08. The largest absolute Gasteiger partial charge is 0.354 e. The first-order valence-electron chi connectivity index (χ1n) is 6.74. The third kappa shape index (κ3) is 4.50. The Kier molecular flexibility index (Phi) is 5.37. The molecule has 1 aliphatic rings. The normalized spacial score (nSPS) is 19.5. The minimum Gasteiger partial charge on any atom is -0.354 e. The van der Waals surface area contributed by atoms with Gasteiger partial charge in [0.15, 0.2) is 0 Å². The maximum Gasteiger partial charge on any atom is 0.312 e. The molecule has 1 aliphatic heterocycles. The third-order valence-corrected chi connectivity index (χ3v) is 4.29. The van der Waals surface area contributed by atoms with Gasteiger partial charge in [0.05, 0.1) is 12.5 Å². The van der Waals surface area contributed by atoms with Crippen molar-refractivity contribution in [3.05, 3.63) is 22.4 Å². The first-order valence-corrected chi connectivity index (χ1v) is 7.62. The number of carbonyl (C=O) groups is 2. The van der Waals surface area contributed by atoms with Crippen molar-refractivity contribution in [2.24, 2.45) is 5.73 Å². The van der Waals surface area contributed by atoms with Crippen molar-refractivity contribution in [1.29, 1.82) is 0 Å². The van der Waals surface area contributed by atoms with E-state index in [1.165, 1.54) is 11.3 Å². The summed E-state index contributed by atoms with van der Waals surface area (Å²) in [5.74, 6) is -0.0779. The van der Waals surface area contributed by atoms with Crippen molar-refractivity contribution in [2.75, 3.05) is 13.1 Å². The number of nitrogens with two attached hydrogens (primary N) is 1. The van der Waals surface area contributed by atoms with Crippen molar-refractivity contribution in [3.63, 3.8) is 0 Å². The molecule has 1 fully saturated rings. The molecule has 0 spiro atoms. The zero-order valence-corrected chi connectivity index (χ0v) is 12.0. The molecule has 2 rings (SSSR count). The van der Waals surface area contributed by atoms with Gasteiger partial charge in [-0.3, -0.25) is 4.79 Å². The molecule has 3 amide bonds. The zero-order chi connectivity index (χ0) is 14.4. The van der Waals surface area contributed by atoms with Crippen LogP contribution in [0.25, 0.3) is 0 Å². The van der Waals surface area contributed by atoms with Gasteiger partial charge in [-0.1, -0.05) is 6.07 Å². The van der Waals surface area contributed by atoms with Gasteiger partial charge in [-0.15, -0.1) is 11.3 Å². The number of nitrogens with one attached hydrogen (secondary N) is 3. The number of hydrogen-bond donors (Lipinski definition) is 4. The molecule has 0 radical (unpaired) electrons. The molecule has 1 aromatic heterocycles. The summed E-state index contributed by atoms with van der Waals surface area (Å²) in [6.45, 7) is 1.65. The summed E-state index contributed by atoms with van der Waals surface area (Å²) < 4.78 is 0. The molecule has 1 aromatic rings. The number of carbonyl (C=O) groups excluding carboxylic acids is 2. The first-order chi connectivity index (χ1) is 9.65. The molecule has 6 nitrogen and oxygen atoms in total. The average molecular weight is 296 g/mol. The van der Waals surface area contributed by atoms with Gasteiger partial charge in [0, 0.05) is 17.5 Å². The number of primary amides is 1. The Morgan fingerprint density at radius 2 is 2.40 bits per heavy atom. The summed E-state index contributed by atoms with van der Waals surface area (Å²) in [5, 5.41) is 10.7. The van der Waals surface area contributed by atoms with Gasteiger partial charge in [0.1, 0.15) is 0 Å². The molecular formula is C13H20N4O2S. The fourth-order valence-electron chi connectivity index (χ4n) is 2.31. The van der Waals surface area contributed by atoms with Gasteiger partial charge in [0.25, 0.3) is 0 Å². The predicted octanol–water partition coefficient (Wildman–Crippen LogP) is 0.716. The lowest BCUT2D eigenvalue weighted by Crippen LogP contribution is -2.40. The van der Waals surface area contributed by atoms with Crippen LogP contribution in [0.5, 0.6) is 0 Å². The second kappa shape index (κ2) is 7.25. The van der Waals surface area contributed by atoms with Gasteiger partial charge in [-0.25, -0.2) is 4.79 Å². The van der Waals surface area contributed by atoms with Gasteiger partial charge in [0.2, 0.25) is 5.91 Å². The molecule has 2 atom stereocenters. The first kappa shape index (κ1) is 14.8. The zero-order valence-electron chi connectivity index (χ0n) is 11.2. The SMILES string of the molecule is NC(=O)NC(CC(=O)NCC1CCCN1)c1cccs1. The predicted molar refractivity (Wildman–Crippen MR) is 78.4 cm³/mol. The van der Waals surface area contributed by atoms with E-state index in [1.807, 2.05) is 17.5 Å². The molecular weight excluding hydrogens is 276 g/mol. The second-order valence-corrected chi connectivity index (χ2v) is 5.86. The molecule has 0 bridgehead atoms. The monoisotopic (exact) mass is 296 g/mol. The summed E-state index contributed by atoms with van der Waals surface area (Å²) in [6, 6.07) is 3.16. The lowest BCUT2D eigenvalue weighted by Gasteiger charge is -2.17. The van der Waals surface area contributed by atoms with E-state index >= 15 is 0 Å². The second-order valence-electron chi connectivity index (χ2n) is 4.88. The number of rotatable bonds is 6. The van der Waals surface area contributed by atoms with Crippen LogP contribution in [-0.2, 0) is 4.79 Å². The Bertz CT molecular complexity index is 443. The number of thiophene rings is 1. The van der Waals surface area contributed by atoms with Crippen molar-refractivity contribution >= 4 is 23.3 Å². The molecule has 0 aromatic carbocycles. The van der Waals surface area contributed by atoms with E-state index in [0.29, 0.717) is 12.6 Å². The van der Waals surface area contributed by atoms with Crippen LogP contribution >= 0.6 is 11.3 Å². The number of urea groups is 1. The lowest BCUT2D eigenvalue weighted by atomic mass is 10.1. The highest BCUT2D eigenvalue weighted by Crippen LogP contribution is 2.21. The van der Waals surface area contributed by atoms with Crippen LogP contribution in [0.15, 0.2) is 17.5 Å². The summed E-state index contributed by atoms with van der Waals surface area (Å²) in [5.41, 5.74) is 5.16.